The molecule has 116 valence electrons. The van der Waals surface area contributed by atoms with E-state index in [1.807, 2.05) is 13.8 Å². The zero-order valence-corrected chi connectivity index (χ0v) is 13.5. The highest BCUT2D eigenvalue weighted by Gasteiger charge is 2.38. The van der Waals surface area contributed by atoms with Gasteiger partial charge in [-0.15, -0.1) is 0 Å². The Hall–Kier alpha value is -1.35. The van der Waals surface area contributed by atoms with Gasteiger partial charge in [0.1, 0.15) is 0 Å². The highest BCUT2D eigenvalue weighted by molar-refractivity contribution is 5.77. The van der Waals surface area contributed by atoms with E-state index in [-0.39, 0.29) is 18.5 Å². The van der Waals surface area contributed by atoms with E-state index >= 15 is 0 Å². The van der Waals surface area contributed by atoms with Gasteiger partial charge in [0.2, 0.25) is 0 Å². The standard InChI is InChI=1S/C18H26O3/c1-12-5-6-13-7-8-14(11-15(12)13)16(9-10-19)18(2,3)17(20)21-4/h7-8,11-12,16,19H,5-6,9-10H2,1-4H3. The molecule has 1 aromatic rings. The van der Waals surface area contributed by atoms with Crippen LogP contribution in [0.1, 0.15) is 62.1 Å². The second-order valence-corrected chi connectivity index (χ2v) is 6.68. The molecule has 0 saturated heterocycles. The van der Waals surface area contributed by atoms with Gasteiger partial charge in [0.25, 0.3) is 0 Å². The quantitative estimate of drug-likeness (QED) is 0.845. The molecule has 2 unspecified atom stereocenters. The Bertz CT molecular complexity index is 519. The van der Waals surface area contributed by atoms with Crippen LogP contribution in [-0.2, 0) is 16.0 Å². The summed E-state index contributed by atoms with van der Waals surface area (Å²) < 4.78 is 4.96. The van der Waals surface area contributed by atoms with Crippen molar-refractivity contribution >= 4 is 5.97 Å². The lowest BCUT2D eigenvalue weighted by Crippen LogP contribution is -2.33. The summed E-state index contributed by atoms with van der Waals surface area (Å²) >= 11 is 0. The molecule has 3 nitrogen and oxygen atoms in total. The summed E-state index contributed by atoms with van der Waals surface area (Å²) in [6.45, 7) is 6.12. The van der Waals surface area contributed by atoms with Gasteiger partial charge in [0.05, 0.1) is 12.5 Å². The number of methoxy groups -OCH3 is 1. The van der Waals surface area contributed by atoms with Crippen LogP contribution in [0.2, 0.25) is 0 Å². The van der Waals surface area contributed by atoms with Crippen LogP contribution in [0.4, 0.5) is 0 Å². The number of aliphatic hydroxyl groups is 1. The summed E-state index contributed by atoms with van der Waals surface area (Å²) in [6, 6.07) is 6.53. The van der Waals surface area contributed by atoms with Crippen LogP contribution >= 0.6 is 0 Å². The Morgan fingerprint density at radius 2 is 2.19 bits per heavy atom. The van der Waals surface area contributed by atoms with Gasteiger partial charge in [-0.2, -0.15) is 0 Å². The predicted molar refractivity (Wildman–Crippen MR) is 83.4 cm³/mol. The lowest BCUT2D eigenvalue weighted by Gasteiger charge is -2.32. The number of aryl methyl sites for hydroxylation is 1. The van der Waals surface area contributed by atoms with Gasteiger partial charge in [-0.1, -0.05) is 25.1 Å². The second-order valence-electron chi connectivity index (χ2n) is 6.68. The fourth-order valence-corrected chi connectivity index (χ4v) is 3.52. The van der Waals surface area contributed by atoms with Gasteiger partial charge < -0.3 is 9.84 Å². The van der Waals surface area contributed by atoms with E-state index in [0.717, 1.165) is 12.0 Å². The van der Waals surface area contributed by atoms with Gasteiger partial charge in [-0.25, -0.2) is 0 Å². The van der Waals surface area contributed by atoms with Crippen LogP contribution in [0.25, 0.3) is 0 Å². The zero-order chi connectivity index (χ0) is 15.6. The van der Waals surface area contributed by atoms with Crippen molar-refractivity contribution < 1.29 is 14.6 Å². The highest BCUT2D eigenvalue weighted by Crippen LogP contribution is 2.42. The summed E-state index contributed by atoms with van der Waals surface area (Å²) in [6.07, 6.45) is 2.90. The SMILES string of the molecule is COC(=O)C(C)(C)C(CCO)c1ccc2c(c1)C(C)CC2. The monoisotopic (exact) mass is 290 g/mol. The number of ether oxygens (including phenoxy) is 1. The Morgan fingerprint density at radius 3 is 2.81 bits per heavy atom. The lowest BCUT2D eigenvalue weighted by molar-refractivity contribution is -0.152. The first kappa shape index (κ1) is 16.0. The van der Waals surface area contributed by atoms with E-state index in [9.17, 15) is 9.90 Å². The van der Waals surface area contributed by atoms with E-state index in [4.69, 9.17) is 4.74 Å². The maximum atomic E-state index is 12.1. The molecular weight excluding hydrogens is 264 g/mol. The average molecular weight is 290 g/mol. The second kappa shape index (κ2) is 6.18. The minimum Gasteiger partial charge on any atom is -0.469 e. The largest absolute Gasteiger partial charge is 0.469 e. The van der Waals surface area contributed by atoms with E-state index in [0.29, 0.717) is 12.3 Å². The molecule has 1 N–H and O–H groups in total. The van der Waals surface area contributed by atoms with Crippen LogP contribution in [0.5, 0.6) is 0 Å². The van der Waals surface area contributed by atoms with E-state index in [1.165, 1.54) is 24.7 Å². The van der Waals surface area contributed by atoms with Crippen LogP contribution in [0, 0.1) is 5.41 Å². The normalized spacial score (nSPS) is 19.2. The number of benzene rings is 1. The number of esters is 1. The number of hydrogen-bond donors (Lipinski definition) is 1. The van der Waals surface area contributed by atoms with E-state index in [1.54, 1.807) is 0 Å². The van der Waals surface area contributed by atoms with Gasteiger partial charge in [0.15, 0.2) is 0 Å². The number of hydrogen-bond acceptors (Lipinski definition) is 3. The first-order chi connectivity index (χ1) is 9.91. The fourth-order valence-electron chi connectivity index (χ4n) is 3.52. The van der Waals surface area contributed by atoms with Crippen LogP contribution in [0.15, 0.2) is 18.2 Å². The van der Waals surface area contributed by atoms with Crippen LogP contribution < -0.4 is 0 Å². The smallest absolute Gasteiger partial charge is 0.311 e. The molecule has 0 heterocycles. The molecule has 21 heavy (non-hydrogen) atoms. The molecule has 1 aromatic carbocycles. The molecule has 0 fully saturated rings. The minimum atomic E-state index is -0.645. The molecule has 2 rings (SSSR count). The average Bonchev–Trinajstić information content (AvgIpc) is 2.84. The van der Waals surface area contributed by atoms with Crippen molar-refractivity contribution in [3.63, 3.8) is 0 Å². The Balaban J connectivity index is 2.39. The Kier molecular flexibility index (Phi) is 4.72. The van der Waals surface area contributed by atoms with Crippen molar-refractivity contribution in [2.45, 2.75) is 51.9 Å². The molecule has 0 radical (unpaired) electrons. The molecule has 1 aliphatic carbocycles. The lowest BCUT2D eigenvalue weighted by atomic mass is 9.72. The number of carbonyl (C=O) groups excluding carboxylic acids is 1. The van der Waals surface area contributed by atoms with Crippen molar-refractivity contribution in [2.75, 3.05) is 13.7 Å². The molecule has 3 heteroatoms. The maximum absolute atomic E-state index is 12.1. The number of rotatable bonds is 5. The molecule has 1 aliphatic rings. The van der Waals surface area contributed by atoms with Gasteiger partial charge >= 0.3 is 5.97 Å². The third kappa shape index (κ3) is 2.98. The Morgan fingerprint density at radius 1 is 1.48 bits per heavy atom. The number of fused-ring (bicyclic) bond motifs is 1. The summed E-state index contributed by atoms with van der Waals surface area (Å²) in [7, 11) is 1.42. The van der Waals surface area contributed by atoms with Gasteiger partial charge in [0, 0.05) is 12.5 Å². The molecular formula is C18H26O3. The summed E-state index contributed by atoms with van der Waals surface area (Å²) in [5, 5.41) is 9.41. The van der Waals surface area contributed by atoms with Crippen molar-refractivity contribution in [3.8, 4) is 0 Å². The third-order valence-electron chi connectivity index (χ3n) is 4.95. The number of aliphatic hydroxyl groups excluding tert-OH is 1. The fraction of sp³-hybridized carbons (Fsp3) is 0.611. The van der Waals surface area contributed by atoms with Crippen LogP contribution in [-0.4, -0.2) is 24.8 Å². The molecule has 0 saturated carbocycles. The molecule has 0 aliphatic heterocycles. The molecule has 0 aromatic heterocycles. The molecule has 0 bridgehead atoms. The van der Waals surface area contributed by atoms with Gasteiger partial charge in [-0.05, 0) is 55.7 Å². The maximum Gasteiger partial charge on any atom is 0.311 e. The first-order valence-corrected chi connectivity index (χ1v) is 7.73. The van der Waals surface area contributed by atoms with Crippen LogP contribution in [0.3, 0.4) is 0 Å². The summed E-state index contributed by atoms with van der Waals surface area (Å²) in [4.78, 5) is 12.1. The van der Waals surface area contributed by atoms with Crippen molar-refractivity contribution in [3.05, 3.63) is 34.9 Å². The zero-order valence-electron chi connectivity index (χ0n) is 13.5. The summed E-state index contributed by atoms with van der Waals surface area (Å²) in [5.41, 5.74) is 3.31. The predicted octanol–water partition coefficient (Wildman–Crippen LogP) is 3.40. The topological polar surface area (TPSA) is 46.5 Å². The van der Waals surface area contributed by atoms with E-state index in [2.05, 4.69) is 25.1 Å². The molecule has 0 spiro atoms. The minimum absolute atomic E-state index is 0.0342. The van der Waals surface area contributed by atoms with Gasteiger partial charge in [-0.3, -0.25) is 4.79 Å². The molecule has 0 amide bonds. The highest BCUT2D eigenvalue weighted by atomic mass is 16.5. The molecule has 2 atom stereocenters. The summed E-state index contributed by atoms with van der Waals surface area (Å²) in [5.74, 6) is 0.318. The van der Waals surface area contributed by atoms with E-state index < -0.39 is 5.41 Å². The van der Waals surface area contributed by atoms with Crippen molar-refractivity contribution in [1.82, 2.24) is 0 Å². The Labute approximate surface area is 127 Å². The number of carbonyl (C=O) groups is 1. The third-order valence-corrected chi connectivity index (χ3v) is 4.95. The van der Waals surface area contributed by atoms with Crippen molar-refractivity contribution in [1.29, 1.82) is 0 Å². The first-order valence-electron chi connectivity index (χ1n) is 7.73. The van der Waals surface area contributed by atoms with Crippen molar-refractivity contribution in [2.24, 2.45) is 5.41 Å².